The SMILES string of the molecule is Nc1c(F)cc(F)c(F)c1C#CCOC1CCCCO1. The van der Waals surface area contributed by atoms with Crippen LogP contribution in [-0.2, 0) is 9.47 Å². The van der Waals surface area contributed by atoms with Crippen molar-refractivity contribution >= 4 is 5.69 Å². The fraction of sp³-hybridized carbons (Fsp3) is 0.429. The quantitative estimate of drug-likeness (QED) is 0.516. The topological polar surface area (TPSA) is 44.5 Å². The van der Waals surface area contributed by atoms with E-state index in [2.05, 4.69) is 11.8 Å². The van der Waals surface area contributed by atoms with Crippen molar-refractivity contribution in [3.63, 3.8) is 0 Å². The average molecular weight is 285 g/mol. The van der Waals surface area contributed by atoms with E-state index in [1.54, 1.807) is 0 Å². The van der Waals surface area contributed by atoms with Crippen LogP contribution < -0.4 is 5.73 Å². The normalized spacial score (nSPS) is 18.4. The van der Waals surface area contributed by atoms with E-state index in [1.807, 2.05) is 0 Å². The average Bonchev–Trinajstić information content (AvgIpc) is 2.45. The van der Waals surface area contributed by atoms with Crippen LogP contribution >= 0.6 is 0 Å². The number of ether oxygens (including phenoxy) is 2. The molecule has 6 heteroatoms. The molecule has 1 fully saturated rings. The Hall–Kier alpha value is -1.71. The van der Waals surface area contributed by atoms with Crippen LogP contribution in [0.2, 0.25) is 0 Å². The summed E-state index contributed by atoms with van der Waals surface area (Å²) < 4.78 is 50.2. The van der Waals surface area contributed by atoms with Gasteiger partial charge in [0.25, 0.3) is 0 Å². The molecule has 1 aliphatic rings. The minimum Gasteiger partial charge on any atom is -0.395 e. The molecule has 1 aromatic carbocycles. The summed E-state index contributed by atoms with van der Waals surface area (Å²) in [5, 5.41) is 0. The molecule has 108 valence electrons. The van der Waals surface area contributed by atoms with E-state index in [9.17, 15) is 13.2 Å². The van der Waals surface area contributed by atoms with Crippen molar-refractivity contribution in [2.75, 3.05) is 18.9 Å². The third-order valence-corrected chi connectivity index (χ3v) is 2.90. The summed E-state index contributed by atoms with van der Waals surface area (Å²) in [6, 6.07) is 0.391. The van der Waals surface area contributed by atoms with E-state index < -0.39 is 28.7 Å². The zero-order valence-electron chi connectivity index (χ0n) is 10.7. The maximum atomic E-state index is 13.4. The van der Waals surface area contributed by atoms with Gasteiger partial charge in [-0.2, -0.15) is 0 Å². The molecule has 1 unspecified atom stereocenters. The summed E-state index contributed by atoms with van der Waals surface area (Å²) in [5.74, 6) is 1.15. The molecule has 1 aliphatic heterocycles. The molecule has 1 heterocycles. The van der Waals surface area contributed by atoms with E-state index >= 15 is 0 Å². The molecular formula is C14H14F3NO2. The monoisotopic (exact) mass is 285 g/mol. The van der Waals surface area contributed by atoms with Crippen LogP contribution in [0.5, 0.6) is 0 Å². The summed E-state index contributed by atoms with van der Waals surface area (Å²) in [6.45, 7) is 0.608. The maximum absolute atomic E-state index is 13.4. The lowest BCUT2D eigenvalue weighted by molar-refractivity contribution is -0.154. The van der Waals surface area contributed by atoms with Gasteiger partial charge in [-0.05, 0) is 19.3 Å². The van der Waals surface area contributed by atoms with Crippen molar-refractivity contribution in [3.8, 4) is 11.8 Å². The van der Waals surface area contributed by atoms with Crippen molar-refractivity contribution in [1.29, 1.82) is 0 Å². The summed E-state index contributed by atoms with van der Waals surface area (Å²) in [7, 11) is 0. The molecule has 3 nitrogen and oxygen atoms in total. The van der Waals surface area contributed by atoms with Gasteiger partial charge >= 0.3 is 0 Å². The van der Waals surface area contributed by atoms with Crippen LogP contribution in [0.3, 0.4) is 0 Å². The number of rotatable bonds is 2. The second-order valence-corrected chi connectivity index (χ2v) is 4.35. The summed E-state index contributed by atoms with van der Waals surface area (Å²) in [6.07, 6.45) is 2.45. The number of nitrogens with two attached hydrogens (primary N) is 1. The highest BCUT2D eigenvalue weighted by Crippen LogP contribution is 2.21. The lowest BCUT2D eigenvalue weighted by atomic mass is 10.1. The minimum atomic E-state index is -1.32. The number of anilines is 1. The van der Waals surface area contributed by atoms with E-state index in [0.29, 0.717) is 12.7 Å². The largest absolute Gasteiger partial charge is 0.395 e. The number of nitrogen functional groups attached to an aromatic ring is 1. The van der Waals surface area contributed by atoms with Gasteiger partial charge in [0.15, 0.2) is 17.9 Å². The highest BCUT2D eigenvalue weighted by Gasteiger charge is 2.15. The van der Waals surface area contributed by atoms with Crippen LogP contribution in [0.25, 0.3) is 0 Å². The molecular weight excluding hydrogens is 271 g/mol. The Kier molecular flexibility index (Phi) is 4.88. The van der Waals surface area contributed by atoms with Crippen molar-refractivity contribution in [2.45, 2.75) is 25.6 Å². The second kappa shape index (κ2) is 6.64. The van der Waals surface area contributed by atoms with Gasteiger partial charge in [0, 0.05) is 12.7 Å². The summed E-state index contributed by atoms with van der Waals surface area (Å²) in [5.41, 5.74) is 4.33. The Morgan fingerprint density at radius 2 is 2.10 bits per heavy atom. The third-order valence-electron chi connectivity index (χ3n) is 2.90. The molecule has 2 rings (SSSR count). The Labute approximate surface area is 114 Å². The fourth-order valence-corrected chi connectivity index (χ4v) is 1.83. The first-order valence-corrected chi connectivity index (χ1v) is 6.24. The van der Waals surface area contributed by atoms with E-state index in [0.717, 1.165) is 19.3 Å². The van der Waals surface area contributed by atoms with Crippen LogP contribution in [0.4, 0.5) is 18.9 Å². The van der Waals surface area contributed by atoms with Gasteiger partial charge in [-0.1, -0.05) is 11.8 Å². The fourth-order valence-electron chi connectivity index (χ4n) is 1.83. The highest BCUT2D eigenvalue weighted by atomic mass is 19.2. The molecule has 0 saturated carbocycles. The Morgan fingerprint density at radius 1 is 1.30 bits per heavy atom. The third kappa shape index (κ3) is 3.44. The van der Waals surface area contributed by atoms with E-state index in [-0.39, 0.29) is 12.9 Å². The van der Waals surface area contributed by atoms with Gasteiger partial charge in [0.1, 0.15) is 12.4 Å². The van der Waals surface area contributed by atoms with Crippen LogP contribution in [0.15, 0.2) is 6.07 Å². The van der Waals surface area contributed by atoms with Crippen molar-refractivity contribution in [1.82, 2.24) is 0 Å². The molecule has 1 saturated heterocycles. The molecule has 0 spiro atoms. The first-order chi connectivity index (χ1) is 9.59. The van der Waals surface area contributed by atoms with Crippen LogP contribution in [0, 0.1) is 29.3 Å². The predicted octanol–water partition coefficient (Wildman–Crippen LogP) is 2.58. The Morgan fingerprint density at radius 3 is 2.80 bits per heavy atom. The Bertz CT molecular complexity index is 519. The van der Waals surface area contributed by atoms with E-state index in [4.69, 9.17) is 15.2 Å². The number of hydrogen-bond donors (Lipinski definition) is 1. The van der Waals surface area contributed by atoms with Crippen molar-refractivity contribution in [3.05, 3.63) is 29.1 Å². The van der Waals surface area contributed by atoms with Crippen LogP contribution in [-0.4, -0.2) is 19.5 Å². The molecule has 0 aromatic heterocycles. The van der Waals surface area contributed by atoms with Gasteiger partial charge in [-0.25, -0.2) is 13.2 Å². The van der Waals surface area contributed by atoms with Gasteiger partial charge in [0.2, 0.25) is 0 Å². The maximum Gasteiger partial charge on any atom is 0.176 e. The molecule has 1 aromatic rings. The highest BCUT2D eigenvalue weighted by molar-refractivity contribution is 5.57. The zero-order chi connectivity index (χ0) is 14.5. The molecule has 0 aliphatic carbocycles. The lowest BCUT2D eigenvalue weighted by Crippen LogP contribution is -2.22. The molecule has 0 radical (unpaired) electrons. The number of halogens is 3. The van der Waals surface area contributed by atoms with Crippen molar-refractivity contribution < 1.29 is 22.6 Å². The molecule has 2 N–H and O–H groups in total. The standard InChI is InChI=1S/C14H14F3NO2/c15-10-8-11(16)14(18)9(13(10)17)4-3-7-20-12-5-1-2-6-19-12/h8,12H,1-2,5-7,18H2. The smallest absolute Gasteiger partial charge is 0.176 e. The van der Waals surface area contributed by atoms with Gasteiger partial charge in [-0.15, -0.1) is 0 Å². The molecule has 0 amide bonds. The van der Waals surface area contributed by atoms with Gasteiger partial charge in [0.05, 0.1) is 11.3 Å². The first-order valence-electron chi connectivity index (χ1n) is 6.24. The van der Waals surface area contributed by atoms with E-state index in [1.165, 1.54) is 0 Å². The van der Waals surface area contributed by atoms with Crippen molar-refractivity contribution in [2.24, 2.45) is 0 Å². The molecule has 1 atom stereocenters. The molecule has 0 bridgehead atoms. The molecule has 20 heavy (non-hydrogen) atoms. The zero-order valence-corrected chi connectivity index (χ0v) is 10.7. The Balaban J connectivity index is 2.01. The van der Waals surface area contributed by atoms with Crippen LogP contribution in [0.1, 0.15) is 24.8 Å². The number of benzene rings is 1. The number of hydrogen-bond acceptors (Lipinski definition) is 3. The first kappa shape index (κ1) is 14.7. The second-order valence-electron chi connectivity index (χ2n) is 4.35. The minimum absolute atomic E-state index is 0.0261. The van der Waals surface area contributed by atoms with Gasteiger partial charge in [-0.3, -0.25) is 0 Å². The van der Waals surface area contributed by atoms with Gasteiger partial charge < -0.3 is 15.2 Å². The summed E-state index contributed by atoms with van der Waals surface area (Å²) >= 11 is 0. The lowest BCUT2D eigenvalue weighted by Gasteiger charge is -2.21. The predicted molar refractivity (Wildman–Crippen MR) is 67.1 cm³/mol. The summed E-state index contributed by atoms with van der Waals surface area (Å²) in [4.78, 5) is 0.